The quantitative estimate of drug-likeness (QED) is 0.398. The zero-order valence-electron chi connectivity index (χ0n) is 10.2. The molecule has 0 N–H and O–H groups in total. The number of ketones is 1. The molecule has 2 unspecified atom stereocenters. The summed E-state index contributed by atoms with van der Waals surface area (Å²) in [6.07, 6.45) is 0.409. The van der Waals surface area contributed by atoms with Crippen LogP contribution in [0, 0.1) is 11.8 Å². The molecule has 0 amide bonds. The molecule has 86 valence electrons. The monoisotopic (exact) mass is 212 g/mol. The van der Waals surface area contributed by atoms with Crippen LogP contribution < -0.4 is 0 Å². The van der Waals surface area contributed by atoms with Crippen LogP contribution in [-0.2, 0) is 14.3 Å². The van der Waals surface area contributed by atoms with Crippen LogP contribution in [0.25, 0.3) is 0 Å². The van der Waals surface area contributed by atoms with Crippen LogP contribution in [0.15, 0.2) is 0 Å². The van der Waals surface area contributed by atoms with Crippen molar-refractivity contribution in [2.24, 2.45) is 0 Å². The standard InChI is InChI=1S/C12H20O3/c1-6-12(5,9-8-10(3)13)15-11(4)14-7-2/h11H,6-7H2,1-5H3. The summed E-state index contributed by atoms with van der Waals surface area (Å²) in [5.74, 6) is 5.20. The van der Waals surface area contributed by atoms with E-state index in [-0.39, 0.29) is 12.1 Å². The molecule has 0 saturated heterocycles. The predicted molar refractivity (Wildman–Crippen MR) is 59.3 cm³/mol. The van der Waals surface area contributed by atoms with Crippen molar-refractivity contribution >= 4 is 5.78 Å². The van der Waals surface area contributed by atoms with Gasteiger partial charge in [-0.25, -0.2) is 0 Å². The van der Waals surface area contributed by atoms with E-state index in [0.717, 1.165) is 0 Å². The average molecular weight is 212 g/mol. The van der Waals surface area contributed by atoms with Gasteiger partial charge in [-0.05, 0) is 33.1 Å². The number of ether oxygens (including phenoxy) is 2. The molecule has 2 atom stereocenters. The molecule has 0 spiro atoms. The Morgan fingerprint density at radius 2 is 2.07 bits per heavy atom. The van der Waals surface area contributed by atoms with E-state index in [1.807, 2.05) is 27.7 Å². The summed E-state index contributed by atoms with van der Waals surface area (Å²) < 4.78 is 10.9. The van der Waals surface area contributed by atoms with E-state index in [1.54, 1.807) is 0 Å². The summed E-state index contributed by atoms with van der Waals surface area (Å²) in [4.78, 5) is 10.8. The fraction of sp³-hybridized carbons (Fsp3) is 0.750. The van der Waals surface area contributed by atoms with Gasteiger partial charge in [0.2, 0.25) is 5.78 Å². The summed E-state index contributed by atoms with van der Waals surface area (Å²) in [5, 5.41) is 0. The number of carbonyl (C=O) groups is 1. The maximum Gasteiger partial charge on any atom is 0.202 e. The highest BCUT2D eigenvalue weighted by molar-refractivity contribution is 5.93. The molecule has 0 rings (SSSR count). The van der Waals surface area contributed by atoms with Gasteiger partial charge in [-0.1, -0.05) is 12.8 Å². The number of carbonyl (C=O) groups excluding carboxylic acids is 1. The van der Waals surface area contributed by atoms with Crippen LogP contribution in [0.2, 0.25) is 0 Å². The fourth-order valence-electron chi connectivity index (χ4n) is 1.06. The predicted octanol–water partition coefficient (Wildman–Crippen LogP) is 2.15. The van der Waals surface area contributed by atoms with E-state index < -0.39 is 5.60 Å². The lowest BCUT2D eigenvalue weighted by molar-refractivity contribution is -0.176. The molecule has 0 heterocycles. The van der Waals surface area contributed by atoms with E-state index >= 15 is 0 Å². The van der Waals surface area contributed by atoms with Crippen molar-refractivity contribution in [1.29, 1.82) is 0 Å². The first-order valence-corrected chi connectivity index (χ1v) is 5.26. The zero-order valence-corrected chi connectivity index (χ0v) is 10.2. The molecule has 0 aromatic heterocycles. The Morgan fingerprint density at radius 3 is 2.47 bits per heavy atom. The van der Waals surface area contributed by atoms with Crippen molar-refractivity contribution < 1.29 is 14.3 Å². The molecule has 0 saturated carbocycles. The van der Waals surface area contributed by atoms with Gasteiger partial charge < -0.3 is 9.47 Å². The lowest BCUT2D eigenvalue weighted by atomic mass is 10.0. The zero-order chi connectivity index (χ0) is 11.9. The lowest BCUT2D eigenvalue weighted by Crippen LogP contribution is -2.32. The summed E-state index contributed by atoms with van der Waals surface area (Å²) in [6, 6.07) is 0. The van der Waals surface area contributed by atoms with Crippen LogP contribution >= 0.6 is 0 Å². The van der Waals surface area contributed by atoms with Gasteiger partial charge in [0.05, 0.1) is 0 Å². The third-order valence-corrected chi connectivity index (χ3v) is 2.01. The summed E-state index contributed by atoms with van der Waals surface area (Å²) >= 11 is 0. The normalized spacial score (nSPS) is 16.1. The van der Waals surface area contributed by atoms with Crippen molar-refractivity contribution in [3.05, 3.63) is 0 Å². The lowest BCUT2D eigenvalue weighted by Gasteiger charge is -2.26. The minimum absolute atomic E-state index is 0.151. The molecule has 0 aromatic carbocycles. The molecule has 15 heavy (non-hydrogen) atoms. The first kappa shape index (κ1) is 14.2. The number of Topliss-reactive ketones (excluding diaryl/α,β-unsaturated/α-hetero) is 1. The smallest absolute Gasteiger partial charge is 0.202 e. The largest absolute Gasteiger partial charge is 0.353 e. The minimum atomic E-state index is -0.611. The number of rotatable bonds is 5. The molecule has 0 radical (unpaired) electrons. The Labute approximate surface area is 92.1 Å². The van der Waals surface area contributed by atoms with E-state index in [1.165, 1.54) is 6.92 Å². The second-order valence-electron chi connectivity index (χ2n) is 3.53. The van der Waals surface area contributed by atoms with E-state index in [0.29, 0.717) is 13.0 Å². The Bertz CT molecular complexity index is 262. The molecule has 0 aromatic rings. The highest BCUT2D eigenvalue weighted by Crippen LogP contribution is 2.16. The first-order valence-electron chi connectivity index (χ1n) is 5.26. The van der Waals surface area contributed by atoms with Crippen LogP contribution in [0.3, 0.4) is 0 Å². The molecule has 3 heteroatoms. The summed E-state index contributed by atoms with van der Waals surface area (Å²) in [7, 11) is 0. The van der Waals surface area contributed by atoms with Crippen LogP contribution in [0.4, 0.5) is 0 Å². The summed E-state index contributed by atoms with van der Waals surface area (Å²) in [5.41, 5.74) is -0.611. The molecule has 0 aliphatic heterocycles. The van der Waals surface area contributed by atoms with Crippen molar-refractivity contribution in [3.8, 4) is 11.8 Å². The third kappa shape index (κ3) is 6.27. The first-order chi connectivity index (χ1) is 6.93. The highest BCUT2D eigenvalue weighted by Gasteiger charge is 2.23. The third-order valence-electron chi connectivity index (χ3n) is 2.01. The Hall–Kier alpha value is -0.850. The molecule has 0 aliphatic carbocycles. The van der Waals surface area contributed by atoms with Crippen LogP contribution in [-0.4, -0.2) is 24.3 Å². The van der Waals surface area contributed by atoms with Gasteiger partial charge in [0.15, 0.2) is 6.29 Å². The molecule has 0 fully saturated rings. The van der Waals surface area contributed by atoms with E-state index in [9.17, 15) is 4.79 Å². The van der Waals surface area contributed by atoms with Crippen molar-refractivity contribution in [1.82, 2.24) is 0 Å². The summed E-state index contributed by atoms with van der Waals surface area (Å²) in [6.45, 7) is 9.60. The van der Waals surface area contributed by atoms with E-state index in [4.69, 9.17) is 9.47 Å². The number of hydrogen-bond donors (Lipinski definition) is 0. The Kier molecular flexibility index (Phi) is 6.23. The Morgan fingerprint density at radius 1 is 1.47 bits per heavy atom. The molecular weight excluding hydrogens is 192 g/mol. The van der Waals surface area contributed by atoms with Gasteiger partial charge in [-0.2, -0.15) is 0 Å². The van der Waals surface area contributed by atoms with Crippen molar-refractivity contribution in [2.75, 3.05) is 6.61 Å². The molecule has 0 bridgehead atoms. The van der Waals surface area contributed by atoms with Crippen LogP contribution in [0.1, 0.15) is 41.0 Å². The van der Waals surface area contributed by atoms with Gasteiger partial charge >= 0.3 is 0 Å². The second-order valence-corrected chi connectivity index (χ2v) is 3.53. The SMILES string of the molecule is CCOC(C)OC(C)(C#CC(C)=O)CC. The van der Waals surface area contributed by atoms with Crippen molar-refractivity contribution in [2.45, 2.75) is 52.9 Å². The van der Waals surface area contributed by atoms with Gasteiger partial charge in [0, 0.05) is 13.5 Å². The van der Waals surface area contributed by atoms with Gasteiger partial charge in [-0.15, -0.1) is 0 Å². The van der Waals surface area contributed by atoms with Gasteiger partial charge in [0.1, 0.15) is 5.60 Å². The maximum atomic E-state index is 10.8. The van der Waals surface area contributed by atoms with E-state index in [2.05, 4.69) is 11.8 Å². The van der Waals surface area contributed by atoms with Crippen LogP contribution in [0.5, 0.6) is 0 Å². The topological polar surface area (TPSA) is 35.5 Å². The molecule has 3 nitrogen and oxygen atoms in total. The van der Waals surface area contributed by atoms with Crippen molar-refractivity contribution in [3.63, 3.8) is 0 Å². The molecule has 0 aliphatic rings. The highest BCUT2D eigenvalue weighted by atomic mass is 16.7. The second kappa shape index (κ2) is 6.60. The van der Waals surface area contributed by atoms with Gasteiger partial charge in [-0.3, -0.25) is 4.79 Å². The number of hydrogen-bond acceptors (Lipinski definition) is 3. The average Bonchev–Trinajstić information content (AvgIpc) is 2.15. The minimum Gasteiger partial charge on any atom is -0.353 e. The maximum absolute atomic E-state index is 10.8. The molecular formula is C12H20O3. The van der Waals surface area contributed by atoms with Gasteiger partial charge in [0.25, 0.3) is 0 Å². The Balaban J connectivity index is 4.45. The fourth-order valence-corrected chi connectivity index (χ4v) is 1.06.